The van der Waals surface area contributed by atoms with Crippen LogP contribution in [0.5, 0.6) is 5.75 Å². The number of rotatable bonds is 8. The lowest BCUT2D eigenvalue weighted by atomic mass is 10.2. The molecule has 0 atom stereocenters. The van der Waals surface area contributed by atoms with Gasteiger partial charge in [0.05, 0.1) is 0 Å². The van der Waals surface area contributed by atoms with Gasteiger partial charge in [0.1, 0.15) is 5.75 Å². The third-order valence-electron chi connectivity index (χ3n) is 2.47. The van der Waals surface area contributed by atoms with Crippen molar-refractivity contribution in [1.29, 1.82) is 0 Å². The maximum absolute atomic E-state index is 11.9. The summed E-state index contributed by atoms with van der Waals surface area (Å²) >= 11 is 5.56. The normalized spacial score (nSPS) is 11.6. The summed E-state index contributed by atoms with van der Waals surface area (Å²) in [5, 5.41) is 3.22. The molecule has 0 spiro atoms. The van der Waals surface area contributed by atoms with Gasteiger partial charge in [-0.25, -0.2) is 0 Å². The van der Waals surface area contributed by atoms with Gasteiger partial charge in [0.25, 0.3) is 0 Å². The van der Waals surface area contributed by atoms with Crippen LogP contribution >= 0.6 is 11.6 Å². The molecule has 1 rings (SSSR count). The molecule has 0 saturated heterocycles. The molecule has 1 aromatic rings. The molecule has 0 aromatic heterocycles. The fraction of sp³-hybridized carbons (Fsp3) is 0.538. The van der Waals surface area contributed by atoms with E-state index in [-0.39, 0.29) is 5.75 Å². The number of benzene rings is 1. The van der Waals surface area contributed by atoms with Crippen molar-refractivity contribution in [2.24, 2.45) is 0 Å². The van der Waals surface area contributed by atoms with Crippen molar-refractivity contribution in [1.82, 2.24) is 5.32 Å². The minimum atomic E-state index is -4.64. The van der Waals surface area contributed by atoms with Gasteiger partial charge in [-0.05, 0) is 37.1 Å². The van der Waals surface area contributed by atoms with Gasteiger partial charge < -0.3 is 10.1 Å². The maximum Gasteiger partial charge on any atom is 0.573 e. The minimum Gasteiger partial charge on any atom is -0.406 e. The Kier molecular flexibility index (Phi) is 7.02. The van der Waals surface area contributed by atoms with Crippen LogP contribution in [0.25, 0.3) is 0 Å². The fourth-order valence-corrected chi connectivity index (χ4v) is 1.75. The summed E-state index contributed by atoms with van der Waals surface area (Å²) in [6.45, 7) is 1.50. The van der Waals surface area contributed by atoms with Crippen molar-refractivity contribution in [2.45, 2.75) is 32.2 Å². The van der Waals surface area contributed by atoms with E-state index >= 15 is 0 Å². The Morgan fingerprint density at radius 2 is 1.74 bits per heavy atom. The van der Waals surface area contributed by atoms with Crippen LogP contribution in [0, 0.1) is 0 Å². The first-order chi connectivity index (χ1) is 9.01. The van der Waals surface area contributed by atoms with Gasteiger partial charge in [-0.3, -0.25) is 0 Å². The predicted molar refractivity (Wildman–Crippen MR) is 69.4 cm³/mol. The van der Waals surface area contributed by atoms with Crippen LogP contribution in [-0.2, 0) is 6.54 Å². The SMILES string of the molecule is FC(F)(F)Oc1ccc(CNCCCCCCl)cc1. The molecule has 0 radical (unpaired) electrons. The number of halogens is 4. The van der Waals surface area contributed by atoms with Crippen LogP contribution in [0.3, 0.4) is 0 Å². The number of hydrogen-bond acceptors (Lipinski definition) is 2. The van der Waals surface area contributed by atoms with Crippen molar-refractivity contribution < 1.29 is 17.9 Å². The van der Waals surface area contributed by atoms with Crippen LogP contribution in [0.2, 0.25) is 0 Å². The van der Waals surface area contributed by atoms with Gasteiger partial charge >= 0.3 is 6.36 Å². The Morgan fingerprint density at radius 3 is 2.32 bits per heavy atom. The monoisotopic (exact) mass is 295 g/mol. The second-order valence-corrected chi connectivity index (χ2v) is 4.50. The van der Waals surface area contributed by atoms with E-state index in [1.807, 2.05) is 0 Å². The average molecular weight is 296 g/mol. The van der Waals surface area contributed by atoms with E-state index in [0.717, 1.165) is 31.4 Å². The first kappa shape index (κ1) is 16.1. The standard InChI is InChI=1S/C13H17ClF3NO/c14-8-2-1-3-9-18-10-11-4-6-12(7-5-11)19-13(15,16)17/h4-7,18H,1-3,8-10H2. The highest BCUT2D eigenvalue weighted by Crippen LogP contribution is 2.22. The first-order valence-corrected chi connectivity index (χ1v) is 6.66. The summed E-state index contributed by atoms with van der Waals surface area (Å²) in [5.74, 6) is 0.485. The molecule has 6 heteroatoms. The van der Waals surface area contributed by atoms with Gasteiger partial charge in [-0.15, -0.1) is 24.8 Å². The third kappa shape index (κ3) is 7.95. The van der Waals surface area contributed by atoms with Crippen molar-refractivity contribution in [3.05, 3.63) is 29.8 Å². The quantitative estimate of drug-likeness (QED) is 0.576. The number of hydrogen-bond donors (Lipinski definition) is 1. The van der Waals surface area contributed by atoms with E-state index in [9.17, 15) is 13.2 Å². The Morgan fingerprint density at radius 1 is 1.05 bits per heavy atom. The van der Waals surface area contributed by atoms with E-state index < -0.39 is 6.36 Å². The molecule has 0 saturated carbocycles. The highest BCUT2D eigenvalue weighted by molar-refractivity contribution is 6.17. The van der Waals surface area contributed by atoms with Gasteiger partial charge in [-0.2, -0.15) is 0 Å². The number of alkyl halides is 4. The summed E-state index contributed by atoms with van der Waals surface area (Å²) in [5.41, 5.74) is 0.923. The number of unbranched alkanes of at least 4 members (excludes halogenated alkanes) is 2. The van der Waals surface area contributed by atoms with E-state index in [2.05, 4.69) is 10.1 Å². The smallest absolute Gasteiger partial charge is 0.406 e. The molecule has 0 unspecified atom stereocenters. The van der Waals surface area contributed by atoms with Gasteiger partial charge in [0, 0.05) is 12.4 Å². The Labute approximate surface area is 115 Å². The van der Waals surface area contributed by atoms with Gasteiger partial charge in [0.2, 0.25) is 0 Å². The van der Waals surface area contributed by atoms with Crippen LogP contribution in [0.4, 0.5) is 13.2 Å². The molecule has 0 aliphatic heterocycles. The second-order valence-electron chi connectivity index (χ2n) is 4.12. The predicted octanol–water partition coefficient (Wildman–Crippen LogP) is 4.08. The topological polar surface area (TPSA) is 21.3 Å². The number of ether oxygens (including phenoxy) is 1. The zero-order valence-electron chi connectivity index (χ0n) is 10.5. The Hall–Kier alpha value is -0.940. The molecule has 0 aliphatic carbocycles. The maximum atomic E-state index is 11.9. The van der Waals surface area contributed by atoms with E-state index in [1.165, 1.54) is 12.1 Å². The average Bonchev–Trinajstić information content (AvgIpc) is 2.34. The molecule has 0 heterocycles. The first-order valence-electron chi connectivity index (χ1n) is 6.12. The molecule has 1 aromatic carbocycles. The van der Waals surface area contributed by atoms with E-state index in [0.29, 0.717) is 12.4 Å². The molecule has 108 valence electrons. The van der Waals surface area contributed by atoms with Crippen molar-refractivity contribution in [3.63, 3.8) is 0 Å². The van der Waals surface area contributed by atoms with Crippen molar-refractivity contribution in [3.8, 4) is 5.75 Å². The Balaban J connectivity index is 2.25. The van der Waals surface area contributed by atoms with Crippen molar-refractivity contribution >= 4 is 11.6 Å². The van der Waals surface area contributed by atoms with Crippen LogP contribution in [0.1, 0.15) is 24.8 Å². The van der Waals surface area contributed by atoms with Crippen LogP contribution < -0.4 is 10.1 Å². The molecule has 2 nitrogen and oxygen atoms in total. The summed E-state index contributed by atoms with van der Waals surface area (Å²) in [4.78, 5) is 0. The largest absolute Gasteiger partial charge is 0.573 e. The van der Waals surface area contributed by atoms with Crippen molar-refractivity contribution in [2.75, 3.05) is 12.4 Å². The molecule has 19 heavy (non-hydrogen) atoms. The summed E-state index contributed by atoms with van der Waals surface area (Å²) in [6, 6.07) is 5.87. The van der Waals surface area contributed by atoms with Crippen LogP contribution in [0.15, 0.2) is 24.3 Å². The summed E-state index contributed by atoms with van der Waals surface area (Å²) < 4.78 is 39.6. The highest BCUT2D eigenvalue weighted by Gasteiger charge is 2.30. The van der Waals surface area contributed by atoms with E-state index in [4.69, 9.17) is 11.6 Å². The molecule has 0 bridgehead atoms. The van der Waals surface area contributed by atoms with Gasteiger partial charge in [-0.1, -0.05) is 18.6 Å². The highest BCUT2D eigenvalue weighted by atomic mass is 35.5. The fourth-order valence-electron chi connectivity index (χ4n) is 1.56. The zero-order valence-corrected chi connectivity index (χ0v) is 11.2. The van der Waals surface area contributed by atoms with Crippen LogP contribution in [-0.4, -0.2) is 18.8 Å². The molecule has 1 N–H and O–H groups in total. The second kappa shape index (κ2) is 8.27. The summed E-state index contributed by atoms with van der Waals surface area (Å²) in [7, 11) is 0. The number of nitrogens with one attached hydrogen (secondary N) is 1. The third-order valence-corrected chi connectivity index (χ3v) is 2.74. The lowest BCUT2D eigenvalue weighted by Crippen LogP contribution is -2.17. The lowest BCUT2D eigenvalue weighted by molar-refractivity contribution is -0.274. The summed E-state index contributed by atoms with van der Waals surface area (Å²) in [6.07, 6.45) is -1.51. The molecular weight excluding hydrogens is 279 g/mol. The Bertz CT molecular complexity index is 354. The van der Waals surface area contributed by atoms with Gasteiger partial charge in [0.15, 0.2) is 0 Å². The minimum absolute atomic E-state index is 0.196. The zero-order chi connectivity index (χ0) is 14.1. The lowest BCUT2D eigenvalue weighted by Gasteiger charge is -2.09. The molecule has 0 fully saturated rings. The molecule has 0 amide bonds. The molecular formula is C13H17ClF3NO. The molecule has 0 aliphatic rings. The van der Waals surface area contributed by atoms with E-state index in [1.54, 1.807) is 12.1 Å².